The highest BCUT2D eigenvalue weighted by Crippen LogP contribution is 2.20. The zero-order valence-corrected chi connectivity index (χ0v) is 16.4. The molecule has 1 heterocycles. The third kappa shape index (κ3) is 6.23. The van der Waals surface area contributed by atoms with Gasteiger partial charge in [-0.25, -0.2) is 0 Å². The van der Waals surface area contributed by atoms with E-state index in [-0.39, 0.29) is 0 Å². The average Bonchev–Trinajstić information content (AvgIpc) is 2.69. The van der Waals surface area contributed by atoms with Gasteiger partial charge in [0, 0.05) is 11.3 Å². The summed E-state index contributed by atoms with van der Waals surface area (Å²) in [6.45, 7) is 10.0. The van der Waals surface area contributed by atoms with Gasteiger partial charge in [-0.1, -0.05) is 91.6 Å². The third-order valence-electron chi connectivity index (χ3n) is 4.05. The molecule has 0 N–H and O–H groups in total. The van der Waals surface area contributed by atoms with Crippen molar-refractivity contribution >= 4 is 6.08 Å². The highest BCUT2D eigenvalue weighted by molar-refractivity contribution is 5.65. The lowest BCUT2D eigenvalue weighted by molar-refractivity contribution is 1.20. The van der Waals surface area contributed by atoms with Crippen LogP contribution in [0.3, 0.4) is 0 Å². The first kappa shape index (κ1) is 20.1. The maximum atomic E-state index is 4.66. The Labute approximate surface area is 163 Å². The minimum atomic E-state index is 0.992. The van der Waals surface area contributed by atoms with Gasteiger partial charge in [0.25, 0.3) is 0 Å². The highest BCUT2D eigenvalue weighted by Gasteiger charge is 2.01. The Morgan fingerprint density at radius 3 is 2.41 bits per heavy atom. The van der Waals surface area contributed by atoms with Crippen LogP contribution in [-0.2, 0) is 0 Å². The number of hydrogen-bond acceptors (Lipinski definition) is 1. The van der Waals surface area contributed by atoms with Crippen molar-refractivity contribution in [1.82, 2.24) is 4.98 Å². The fourth-order valence-electron chi connectivity index (χ4n) is 2.72. The Hall–Kier alpha value is -3.19. The van der Waals surface area contributed by atoms with Crippen LogP contribution in [0.15, 0.2) is 109 Å². The Kier molecular flexibility index (Phi) is 7.99. The van der Waals surface area contributed by atoms with Crippen molar-refractivity contribution in [3.8, 4) is 11.3 Å². The van der Waals surface area contributed by atoms with Gasteiger partial charge >= 0.3 is 0 Å². The third-order valence-corrected chi connectivity index (χ3v) is 4.05. The van der Waals surface area contributed by atoms with E-state index in [4.69, 9.17) is 0 Å². The van der Waals surface area contributed by atoms with Gasteiger partial charge in [-0.05, 0) is 49.6 Å². The van der Waals surface area contributed by atoms with Crippen molar-refractivity contribution in [3.63, 3.8) is 0 Å². The first-order chi connectivity index (χ1) is 13.2. The summed E-state index contributed by atoms with van der Waals surface area (Å²) in [6.07, 6.45) is 18.4. The molecule has 0 saturated heterocycles. The van der Waals surface area contributed by atoms with Gasteiger partial charge in [-0.15, -0.1) is 0 Å². The molecule has 0 spiro atoms. The zero-order valence-electron chi connectivity index (χ0n) is 16.4. The fraction of sp³-hybridized carbons (Fsp3) is 0.115. The second-order valence-electron chi connectivity index (χ2n) is 6.11. The first-order valence-corrected chi connectivity index (χ1v) is 9.19. The Balaban J connectivity index is 2.27. The predicted molar refractivity (Wildman–Crippen MR) is 119 cm³/mol. The molecule has 0 radical (unpaired) electrons. The summed E-state index contributed by atoms with van der Waals surface area (Å²) in [7, 11) is 0. The molecule has 0 bridgehead atoms. The minimum Gasteiger partial charge on any atom is -0.253 e. The quantitative estimate of drug-likeness (QED) is 0.477. The van der Waals surface area contributed by atoms with Crippen molar-refractivity contribution < 1.29 is 0 Å². The summed E-state index contributed by atoms with van der Waals surface area (Å²) in [6, 6.07) is 14.5. The molecule has 0 atom stereocenters. The van der Waals surface area contributed by atoms with Crippen molar-refractivity contribution in [1.29, 1.82) is 0 Å². The summed E-state index contributed by atoms with van der Waals surface area (Å²) in [5.41, 5.74) is 6.49. The predicted octanol–water partition coefficient (Wildman–Crippen LogP) is 7.26. The second-order valence-corrected chi connectivity index (χ2v) is 6.11. The summed E-state index contributed by atoms with van der Waals surface area (Å²) in [5, 5.41) is 0. The fourth-order valence-corrected chi connectivity index (χ4v) is 2.72. The van der Waals surface area contributed by atoms with E-state index in [0.29, 0.717) is 0 Å². The van der Waals surface area contributed by atoms with Crippen molar-refractivity contribution in [2.45, 2.75) is 20.8 Å². The lowest BCUT2D eigenvalue weighted by Gasteiger charge is -2.04. The number of benzene rings is 1. The van der Waals surface area contributed by atoms with E-state index in [1.165, 1.54) is 0 Å². The van der Waals surface area contributed by atoms with Crippen LogP contribution in [0.5, 0.6) is 0 Å². The van der Waals surface area contributed by atoms with Gasteiger partial charge in [-0.3, -0.25) is 4.98 Å². The summed E-state index contributed by atoms with van der Waals surface area (Å²) < 4.78 is 0. The number of aromatic nitrogens is 1. The molecule has 1 aromatic heterocycles. The van der Waals surface area contributed by atoms with Gasteiger partial charge in [0.2, 0.25) is 0 Å². The summed E-state index contributed by atoms with van der Waals surface area (Å²) >= 11 is 0. The molecule has 1 nitrogen and oxygen atoms in total. The molecule has 136 valence electrons. The van der Waals surface area contributed by atoms with E-state index in [9.17, 15) is 0 Å². The lowest BCUT2D eigenvalue weighted by Crippen LogP contribution is -1.88. The molecule has 0 aliphatic carbocycles. The molecule has 0 aliphatic rings. The van der Waals surface area contributed by atoms with E-state index >= 15 is 0 Å². The van der Waals surface area contributed by atoms with Crippen molar-refractivity contribution in [3.05, 3.63) is 120 Å². The maximum absolute atomic E-state index is 4.66. The molecule has 0 unspecified atom stereocenters. The molecule has 2 aromatic rings. The Bertz CT molecular complexity index is 906. The number of rotatable bonds is 7. The monoisotopic (exact) mass is 353 g/mol. The SMILES string of the molecule is C=CC(=C\C=C\c1cc(C)nc(-c2ccccc2)c1)/C(/C=C\C=C/C)=C/C. The molecular formula is C26H27N. The van der Waals surface area contributed by atoms with E-state index in [1.807, 2.05) is 63.3 Å². The standard InChI is InChI=1S/C26H27N/c1-5-8-10-15-23(6-2)24(7-3)18-13-14-22-19-21(4)27-26(20-22)25-16-11-9-12-17-25/h5-20H,3H2,1-2,4H3/b8-5-,14-13+,15-10-,23-6+,24-18+. The van der Waals surface area contributed by atoms with Gasteiger partial charge in [-0.2, -0.15) is 0 Å². The number of nitrogens with zero attached hydrogens (tertiary/aromatic N) is 1. The molecule has 0 fully saturated rings. The molecule has 27 heavy (non-hydrogen) atoms. The number of hydrogen-bond donors (Lipinski definition) is 0. The van der Waals surface area contributed by atoms with Crippen LogP contribution in [0.25, 0.3) is 17.3 Å². The number of allylic oxidation sites excluding steroid dienone is 10. The summed E-state index contributed by atoms with van der Waals surface area (Å²) in [4.78, 5) is 4.66. The zero-order chi connectivity index (χ0) is 19.5. The van der Waals surface area contributed by atoms with Gasteiger partial charge in [0.15, 0.2) is 0 Å². The van der Waals surface area contributed by atoms with E-state index in [2.05, 4.69) is 66.2 Å². The largest absolute Gasteiger partial charge is 0.253 e. The number of pyridine rings is 1. The first-order valence-electron chi connectivity index (χ1n) is 9.19. The Morgan fingerprint density at radius 2 is 1.74 bits per heavy atom. The summed E-state index contributed by atoms with van der Waals surface area (Å²) in [5.74, 6) is 0. The normalized spacial score (nSPS) is 13.1. The lowest BCUT2D eigenvalue weighted by atomic mass is 10.0. The minimum absolute atomic E-state index is 0.992. The van der Waals surface area contributed by atoms with Gasteiger partial charge in [0.1, 0.15) is 0 Å². The highest BCUT2D eigenvalue weighted by atomic mass is 14.7. The maximum Gasteiger partial charge on any atom is 0.0711 e. The van der Waals surface area contributed by atoms with E-state index in [1.54, 1.807) is 0 Å². The molecule has 0 aliphatic heterocycles. The second kappa shape index (κ2) is 10.7. The van der Waals surface area contributed by atoms with Crippen molar-refractivity contribution in [2.24, 2.45) is 0 Å². The van der Waals surface area contributed by atoms with Crippen LogP contribution in [0.2, 0.25) is 0 Å². The van der Waals surface area contributed by atoms with Gasteiger partial charge < -0.3 is 0 Å². The topological polar surface area (TPSA) is 12.9 Å². The molecule has 1 aromatic carbocycles. The van der Waals surface area contributed by atoms with Crippen LogP contribution in [0, 0.1) is 6.92 Å². The van der Waals surface area contributed by atoms with Crippen LogP contribution < -0.4 is 0 Å². The van der Waals surface area contributed by atoms with E-state index < -0.39 is 0 Å². The number of aryl methyl sites for hydroxylation is 1. The van der Waals surface area contributed by atoms with Crippen LogP contribution >= 0.6 is 0 Å². The van der Waals surface area contributed by atoms with Gasteiger partial charge in [0.05, 0.1) is 5.69 Å². The molecule has 0 amide bonds. The van der Waals surface area contributed by atoms with Crippen LogP contribution in [0.1, 0.15) is 25.1 Å². The average molecular weight is 354 g/mol. The van der Waals surface area contributed by atoms with E-state index in [0.717, 1.165) is 33.7 Å². The molecule has 2 rings (SSSR count). The van der Waals surface area contributed by atoms with Crippen LogP contribution in [0.4, 0.5) is 0 Å². The Morgan fingerprint density at radius 1 is 0.963 bits per heavy atom. The molecule has 0 saturated carbocycles. The van der Waals surface area contributed by atoms with Crippen LogP contribution in [-0.4, -0.2) is 4.98 Å². The smallest absolute Gasteiger partial charge is 0.0711 e. The van der Waals surface area contributed by atoms with Crippen molar-refractivity contribution in [2.75, 3.05) is 0 Å². The molecule has 1 heteroatoms. The molecular weight excluding hydrogens is 326 g/mol.